The van der Waals surface area contributed by atoms with Gasteiger partial charge in [-0.2, -0.15) is 0 Å². The van der Waals surface area contributed by atoms with Gasteiger partial charge < -0.3 is 14.9 Å². The second-order valence-electron chi connectivity index (χ2n) is 4.29. The van der Waals surface area contributed by atoms with Crippen molar-refractivity contribution in [2.75, 3.05) is 7.11 Å². The lowest BCUT2D eigenvalue weighted by molar-refractivity contribution is 0.403. The molecule has 3 nitrogen and oxygen atoms in total. The molecule has 0 saturated carbocycles. The van der Waals surface area contributed by atoms with Gasteiger partial charge in [-0.1, -0.05) is 12.1 Å². The van der Waals surface area contributed by atoms with Crippen LogP contribution in [0.5, 0.6) is 17.2 Å². The van der Waals surface area contributed by atoms with Gasteiger partial charge in [0.1, 0.15) is 5.75 Å². The normalized spacial score (nSPS) is 10.3. The predicted octanol–water partition coefficient (Wildman–Crippen LogP) is 3.01. The van der Waals surface area contributed by atoms with Crippen LogP contribution < -0.4 is 4.74 Å². The number of aromatic hydroxyl groups is 2. The summed E-state index contributed by atoms with van der Waals surface area (Å²) >= 11 is 0. The highest BCUT2D eigenvalue weighted by molar-refractivity contribution is 5.46. The minimum Gasteiger partial charge on any atom is -0.504 e. The van der Waals surface area contributed by atoms with Gasteiger partial charge in [-0.05, 0) is 54.3 Å². The third kappa shape index (κ3) is 2.56. The fourth-order valence-electron chi connectivity index (χ4n) is 1.88. The molecule has 0 radical (unpaired) electrons. The molecular formula is C15H16O3. The van der Waals surface area contributed by atoms with E-state index in [0.717, 1.165) is 22.4 Å². The van der Waals surface area contributed by atoms with Crippen LogP contribution in [0, 0.1) is 6.92 Å². The Hall–Kier alpha value is -2.16. The first kappa shape index (κ1) is 12.3. The maximum atomic E-state index is 9.51. The highest BCUT2D eigenvalue weighted by Gasteiger charge is 2.06. The summed E-state index contributed by atoms with van der Waals surface area (Å²) in [4.78, 5) is 0. The van der Waals surface area contributed by atoms with Crippen LogP contribution in [0.1, 0.15) is 16.7 Å². The van der Waals surface area contributed by atoms with Crippen molar-refractivity contribution in [2.24, 2.45) is 0 Å². The van der Waals surface area contributed by atoms with E-state index in [0.29, 0.717) is 6.42 Å². The number of aryl methyl sites for hydroxylation is 1. The van der Waals surface area contributed by atoms with Crippen LogP contribution in [0.3, 0.4) is 0 Å². The number of methoxy groups -OCH3 is 1. The molecule has 0 bridgehead atoms. The minimum atomic E-state index is -0.0795. The van der Waals surface area contributed by atoms with Gasteiger partial charge in [0.25, 0.3) is 0 Å². The van der Waals surface area contributed by atoms with Crippen molar-refractivity contribution in [3.63, 3.8) is 0 Å². The van der Waals surface area contributed by atoms with Gasteiger partial charge in [-0.25, -0.2) is 0 Å². The Kier molecular flexibility index (Phi) is 3.42. The second kappa shape index (κ2) is 5.00. The minimum absolute atomic E-state index is 0.0778. The Bertz CT molecular complexity index is 544. The lowest BCUT2D eigenvalue weighted by Gasteiger charge is -2.09. The molecule has 0 aliphatic carbocycles. The Morgan fingerprint density at radius 2 is 1.61 bits per heavy atom. The number of hydrogen-bond acceptors (Lipinski definition) is 3. The van der Waals surface area contributed by atoms with E-state index in [1.807, 2.05) is 31.2 Å². The standard InChI is InChI=1S/C15H16O3/c1-10-7-14(16)15(17)9-12(10)8-11-3-5-13(18-2)6-4-11/h3-7,9,16-17H,8H2,1-2H3. The monoisotopic (exact) mass is 244 g/mol. The molecule has 18 heavy (non-hydrogen) atoms. The molecule has 94 valence electrons. The van der Waals surface area contributed by atoms with Crippen molar-refractivity contribution in [1.29, 1.82) is 0 Å². The number of phenols is 2. The number of benzene rings is 2. The molecule has 0 atom stereocenters. The molecule has 0 aromatic heterocycles. The first-order valence-corrected chi connectivity index (χ1v) is 5.74. The van der Waals surface area contributed by atoms with E-state index in [1.165, 1.54) is 0 Å². The van der Waals surface area contributed by atoms with E-state index in [2.05, 4.69) is 0 Å². The largest absolute Gasteiger partial charge is 0.504 e. The van der Waals surface area contributed by atoms with Gasteiger partial charge in [0.05, 0.1) is 7.11 Å². The van der Waals surface area contributed by atoms with Crippen molar-refractivity contribution in [3.05, 3.63) is 53.1 Å². The van der Waals surface area contributed by atoms with Crippen LogP contribution >= 0.6 is 0 Å². The first-order valence-electron chi connectivity index (χ1n) is 5.74. The quantitative estimate of drug-likeness (QED) is 0.816. The maximum absolute atomic E-state index is 9.51. The van der Waals surface area contributed by atoms with Gasteiger partial charge in [0.2, 0.25) is 0 Å². The molecule has 2 aromatic carbocycles. The van der Waals surface area contributed by atoms with E-state index < -0.39 is 0 Å². The third-order valence-electron chi connectivity index (χ3n) is 2.99. The van der Waals surface area contributed by atoms with E-state index in [9.17, 15) is 10.2 Å². The van der Waals surface area contributed by atoms with Crippen LogP contribution in [-0.4, -0.2) is 17.3 Å². The fraction of sp³-hybridized carbons (Fsp3) is 0.200. The van der Waals surface area contributed by atoms with Gasteiger partial charge in [0, 0.05) is 0 Å². The number of phenolic OH excluding ortho intramolecular Hbond substituents is 2. The molecule has 0 aliphatic rings. The Labute approximate surface area is 106 Å². The smallest absolute Gasteiger partial charge is 0.157 e. The lowest BCUT2D eigenvalue weighted by Crippen LogP contribution is -1.92. The SMILES string of the molecule is COc1ccc(Cc2cc(O)c(O)cc2C)cc1. The van der Waals surface area contributed by atoms with E-state index in [4.69, 9.17) is 4.74 Å². The zero-order chi connectivity index (χ0) is 13.1. The summed E-state index contributed by atoms with van der Waals surface area (Å²) in [7, 11) is 1.64. The fourth-order valence-corrected chi connectivity index (χ4v) is 1.88. The second-order valence-corrected chi connectivity index (χ2v) is 4.29. The van der Waals surface area contributed by atoms with Crippen LogP contribution in [0.4, 0.5) is 0 Å². The molecular weight excluding hydrogens is 228 g/mol. The molecule has 0 fully saturated rings. The van der Waals surface area contributed by atoms with Gasteiger partial charge in [-0.15, -0.1) is 0 Å². The predicted molar refractivity (Wildman–Crippen MR) is 70.3 cm³/mol. The molecule has 0 saturated heterocycles. The van der Waals surface area contributed by atoms with Crippen molar-refractivity contribution < 1.29 is 14.9 Å². The van der Waals surface area contributed by atoms with Crippen LogP contribution in [-0.2, 0) is 6.42 Å². The molecule has 2 rings (SSSR count). The average Bonchev–Trinajstić information content (AvgIpc) is 2.37. The Morgan fingerprint density at radius 3 is 2.22 bits per heavy atom. The Morgan fingerprint density at radius 1 is 1.00 bits per heavy atom. The maximum Gasteiger partial charge on any atom is 0.157 e. The van der Waals surface area contributed by atoms with Crippen molar-refractivity contribution >= 4 is 0 Å². The molecule has 2 aromatic rings. The van der Waals surface area contributed by atoms with Gasteiger partial charge in [0.15, 0.2) is 11.5 Å². The summed E-state index contributed by atoms with van der Waals surface area (Å²) < 4.78 is 5.10. The summed E-state index contributed by atoms with van der Waals surface area (Å²) in [6.45, 7) is 1.91. The molecule has 0 heterocycles. The van der Waals surface area contributed by atoms with Crippen molar-refractivity contribution in [1.82, 2.24) is 0 Å². The molecule has 0 spiro atoms. The summed E-state index contributed by atoms with van der Waals surface area (Å²) in [6, 6.07) is 11.0. The van der Waals surface area contributed by atoms with E-state index >= 15 is 0 Å². The number of hydrogen-bond donors (Lipinski definition) is 2. The lowest BCUT2D eigenvalue weighted by atomic mass is 10.00. The van der Waals surface area contributed by atoms with Crippen LogP contribution in [0.25, 0.3) is 0 Å². The Balaban J connectivity index is 2.25. The zero-order valence-corrected chi connectivity index (χ0v) is 10.5. The summed E-state index contributed by atoms with van der Waals surface area (Å²) in [5.41, 5.74) is 3.08. The summed E-state index contributed by atoms with van der Waals surface area (Å²) in [6.07, 6.45) is 0.712. The van der Waals surface area contributed by atoms with E-state index in [1.54, 1.807) is 19.2 Å². The van der Waals surface area contributed by atoms with E-state index in [-0.39, 0.29) is 11.5 Å². The number of rotatable bonds is 3. The molecule has 0 amide bonds. The molecule has 3 heteroatoms. The zero-order valence-electron chi connectivity index (χ0n) is 10.5. The summed E-state index contributed by atoms with van der Waals surface area (Å²) in [5.74, 6) is 0.666. The number of ether oxygens (including phenoxy) is 1. The molecule has 0 aliphatic heterocycles. The van der Waals surface area contributed by atoms with Crippen molar-refractivity contribution in [3.8, 4) is 17.2 Å². The van der Waals surface area contributed by atoms with Crippen molar-refractivity contribution in [2.45, 2.75) is 13.3 Å². The average molecular weight is 244 g/mol. The van der Waals surface area contributed by atoms with Crippen LogP contribution in [0.15, 0.2) is 36.4 Å². The third-order valence-corrected chi connectivity index (χ3v) is 2.99. The van der Waals surface area contributed by atoms with Gasteiger partial charge >= 0.3 is 0 Å². The molecule has 0 unspecified atom stereocenters. The van der Waals surface area contributed by atoms with Crippen LogP contribution in [0.2, 0.25) is 0 Å². The highest BCUT2D eigenvalue weighted by Crippen LogP contribution is 2.29. The molecule has 2 N–H and O–H groups in total. The first-order chi connectivity index (χ1) is 8.60. The van der Waals surface area contributed by atoms with Gasteiger partial charge in [-0.3, -0.25) is 0 Å². The summed E-state index contributed by atoms with van der Waals surface area (Å²) in [5, 5.41) is 18.9. The topological polar surface area (TPSA) is 49.7 Å². The highest BCUT2D eigenvalue weighted by atomic mass is 16.5.